The molecule has 1 aliphatic rings. The van der Waals surface area contributed by atoms with Gasteiger partial charge in [0.2, 0.25) is 0 Å². The molecular formula is C11H16ClN3OS. The summed E-state index contributed by atoms with van der Waals surface area (Å²) in [4.78, 5) is 8.45. The minimum absolute atomic E-state index is 0.0169. The Morgan fingerprint density at radius 2 is 2.29 bits per heavy atom. The van der Waals surface area contributed by atoms with Gasteiger partial charge in [0.05, 0.1) is 5.60 Å². The first-order chi connectivity index (χ1) is 8.17. The fourth-order valence-corrected chi connectivity index (χ4v) is 2.47. The van der Waals surface area contributed by atoms with Gasteiger partial charge in [0.15, 0.2) is 5.16 Å². The molecule has 0 aromatic carbocycles. The predicted octanol–water partition coefficient (Wildman–Crippen LogP) is 2.83. The SMILES string of the molecule is COC1(CNc2cc(Cl)nc(SC)n2)CCC1. The molecular weight excluding hydrogens is 258 g/mol. The second-order valence-electron chi connectivity index (χ2n) is 4.16. The molecule has 94 valence electrons. The molecule has 1 heterocycles. The van der Waals surface area contributed by atoms with Crippen LogP contribution in [0.25, 0.3) is 0 Å². The number of hydrogen-bond donors (Lipinski definition) is 1. The molecule has 1 aromatic heterocycles. The van der Waals surface area contributed by atoms with Gasteiger partial charge in [-0.25, -0.2) is 9.97 Å². The third kappa shape index (κ3) is 3.03. The van der Waals surface area contributed by atoms with Crippen LogP contribution in [-0.2, 0) is 4.74 Å². The van der Waals surface area contributed by atoms with E-state index in [0.29, 0.717) is 10.3 Å². The van der Waals surface area contributed by atoms with E-state index in [4.69, 9.17) is 16.3 Å². The highest BCUT2D eigenvalue weighted by Gasteiger charge is 2.36. The van der Waals surface area contributed by atoms with Crippen molar-refractivity contribution in [3.8, 4) is 0 Å². The van der Waals surface area contributed by atoms with E-state index < -0.39 is 0 Å². The molecule has 0 unspecified atom stereocenters. The monoisotopic (exact) mass is 273 g/mol. The number of aromatic nitrogens is 2. The fraction of sp³-hybridized carbons (Fsp3) is 0.636. The first-order valence-corrected chi connectivity index (χ1v) is 7.15. The van der Waals surface area contributed by atoms with Gasteiger partial charge in [-0.15, -0.1) is 0 Å². The van der Waals surface area contributed by atoms with Crippen LogP contribution in [0.3, 0.4) is 0 Å². The van der Waals surface area contributed by atoms with E-state index in [2.05, 4.69) is 15.3 Å². The number of nitrogens with one attached hydrogen (secondary N) is 1. The summed E-state index contributed by atoms with van der Waals surface area (Å²) in [6, 6.07) is 1.74. The lowest BCUT2D eigenvalue weighted by Crippen LogP contribution is -2.45. The number of halogens is 1. The Morgan fingerprint density at radius 1 is 1.53 bits per heavy atom. The summed E-state index contributed by atoms with van der Waals surface area (Å²) in [5.41, 5.74) is -0.0169. The molecule has 0 bridgehead atoms. The van der Waals surface area contributed by atoms with Crippen molar-refractivity contribution in [2.45, 2.75) is 30.0 Å². The third-order valence-electron chi connectivity index (χ3n) is 3.15. The molecule has 1 fully saturated rings. The normalized spacial score (nSPS) is 17.6. The van der Waals surface area contributed by atoms with Crippen molar-refractivity contribution in [2.75, 3.05) is 25.2 Å². The summed E-state index contributed by atoms with van der Waals surface area (Å²) in [7, 11) is 1.76. The summed E-state index contributed by atoms with van der Waals surface area (Å²) in [5.74, 6) is 0.762. The summed E-state index contributed by atoms with van der Waals surface area (Å²) >= 11 is 7.40. The minimum Gasteiger partial charge on any atom is -0.376 e. The zero-order valence-electron chi connectivity index (χ0n) is 9.99. The van der Waals surface area contributed by atoms with Gasteiger partial charge in [-0.05, 0) is 25.5 Å². The molecule has 2 rings (SSSR count). The smallest absolute Gasteiger partial charge is 0.190 e. The van der Waals surface area contributed by atoms with E-state index in [9.17, 15) is 0 Å². The van der Waals surface area contributed by atoms with E-state index in [0.717, 1.165) is 25.2 Å². The molecule has 1 N–H and O–H groups in total. The maximum Gasteiger partial charge on any atom is 0.190 e. The summed E-state index contributed by atoms with van der Waals surface area (Å²) in [6.45, 7) is 0.769. The largest absolute Gasteiger partial charge is 0.376 e. The second-order valence-corrected chi connectivity index (χ2v) is 5.32. The highest BCUT2D eigenvalue weighted by Crippen LogP contribution is 2.35. The van der Waals surface area contributed by atoms with E-state index in [-0.39, 0.29) is 5.60 Å². The van der Waals surface area contributed by atoms with Crippen molar-refractivity contribution in [1.82, 2.24) is 9.97 Å². The molecule has 0 atom stereocenters. The van der Waals surface area contributed by atoms with Crippen molar-refractivity contribution >= 4 is 29.2 Å². The Bertz CT molecular complexity index is 393. The van der Waals surface area contributed by atoms with Crippen LogP contribution < -0.4 is 5.32 Å². The molecule has 1 aromatic rings. The lowest BCUT2D eigenvalue weighted by atomic mass is 9.80. The molecule has 0 aliphatic heterocycles. The van der Waals surface area contributed by atoms with Gasteiger partial charge >= 0.3 is 0 Å². The lowest BCUT2D eigenvalue weighted by Gasteiger charge is -2.40. The van der Waals surface area contributed by atoms with Gasteiger partial charge in [-0.1, -0.05) is 23.4 Å². The molecule has 1 aliphatic carbocycles. The first kappa shape index (κ1) is 12.9. The molecule has 0 radical (unpaired) electrons. The molecule has 0 amide bonds. The highest BCUT2D eigenvalue weighted by atomic mass is 35.5. The Hall–Kier alpha value is -0.520. The van der Waals surface area contributed by atoms with Crippen molar-refractivity contribution in [2.24, 2.45) is 0 Å². The van der Waals surface area contributed by atoms with Gasteiger partial charge in [0.1, 0.15) is 11.0 Å². The highest BCUT2D eigenvalue weighted by molar-refractivity contribution is 7.98. The van der Waals surface area contributed by atoms with Crippen LogP contribution in [-0.4, -0.2) is 35.5 Å². The van der Waals surface area contributed by atoms with Crippen molar-refractivity contribution in [3.63, 3.8) is 0 Å². The fourth-order valence-electron chi connectivity index (χ4n) is 1.85. The van der Waals surface area contributed by atoms with Crippen molar-refractivity contribution in [3.05, 3.63) is 11.2 Å². The van der Waals surface area contributed by atoms with E-state index >= 15 is 0 Å². The maximum atomic E-state index is 5.92. The van der Waals surface area contributed by atoms with Gasteiger partial charge in [0.25, 0.3) is 0 Å². The molecule has 0 spiro atoms. The van der Waals surface area contributed by atoms with Gasteiger partial charge in [-0.3, -0.25) is 0 Å². The quantitative estimate of drug-likeness (QED) is 0.508. The van der Waals surface area contributed by atoms with Gasteiger partial charge in [-0.2, -0.15) is 0 Å². The molecule has 4 nitrogen and oxygen atoms in total. The van der Waals surface area contributed by atoms with Gasteiger partial charge in [0, 0.05) is 19.7 Å². The van der Waals surface area contributed by atoms with Crippen LogP contribution in [0.5, 0.6) is 0 Å². The summed E-state index contributed by atoms with van der Waals surface area (Å²) in [6.07, 6.45) is 5.36. The number of anilines is 1. The Labute approximate surface area is 111 Å². The van der Waals surface area contributed by atoms with E-state index in [1.54, 1.807) is 13.2 Å². The van der Waals surface area contributed by atoms with Crippen LogP contribution in [0.2, 0.25) is 5.15 Å². The first-order valence-electron chi connectivity index (χ1n) is 5.55. The number of hydrogen-bond acceptors (Lipinski definition) is 5. The zero-order valence-corrected chi connectivity index (χ0v) is 11.6. The Kier molecular flexibility index (Phi) is 4.12. The maximum absolute atomic E-state index is 5.92. The van der Waals surface area contributed by atoms with Crippen molar-refractivity contribution < 1.29 is 4.74 Å². The van der Waals surface area contributed by atoms with Crippen LogP contribution in [0.4, 0.5) is 5.82 Å². The minimum atomic E-state index is -0.0169. The average Bonchev–Trinajstić information content (AvgIpc) is 2.27. The third-order valence-corrected chi connectivity index (χ3v) is 3.89. The lowest BCUT2D eigenvalue weighted by molar-refractivity contribution is -0.0601. The van der Waals surface area contributed by atoms with Gasteiger partial charge < -0.3 is 10.1 Å². The topological polar surface area (TPSA) is 47.0 Å². The molecule has 0 saturated heterocycles. The van der Waals surface area contributed by atoms with Crippen molar-refractivity contribution in [1.29, 1.82) is 0 Å². The molecule has 17 heavy (non-hydrogen) atoms. The van der Waals surface area contributed by atoms with Crippen LogP contribution in [0.15, 0.2) is 11.2 Å². The van der Waals surface area contributed by atoms with E-state index in [1.165, 1.54) is 18.2 Å². The average molecular weight is 274 g/mol. The summed E-state index contributed by atoms with van der Waals surface area (Å²) in [5, 5.41) is 4.43. The number of rotatable bonds is 5. The Morgan fingerprint density at radius 3 is 2.82 bits per heavy atom. The summed E-state index contributed by atoms with van der Waals surface area (Å²) < 4.78 is 5.54. The zero-order chi connectivity index (χ0) is 12.3. The number of nitrogens with zero attached hydrogens (tertiary/aromatic N) is 2. The standard InChI is InChI=1S/C11H16ClN3OS/c1-16-11(4-3-5-11)7-13-9-6-8(12)14-10(15-9)17-2/h6H,3-5,7H2,1-2H3,(H,13,14,15). The van der Waals surface area contributed by atoms with Crippen LogP contribution >= 0.6 is 23.4 Å². The number of methoxy groups -OCH3 is 1. The second kappa shape index (κ2) is 5.42. The number of thioether (sulfide) groups is 1. The van der Waals surface area contributed by atoms with Crippen LogP contribution in [0.1, 0.15) is 19.3 Å². The molecule has 6 heteroatoms. The Balaban J connectivity index is 2.01. The van der Waals surface area contributed by atoms with E-state index in [1.807, 2.05) is 6.26 Å². The number of ether oxygens (including phenoxy) is 1. The van der Waals surface area contributed by atoms with Crippen LogP contribution in [0, 0.1) is 0 Å². The predicted molar refractivity (Wildman–Crippen MR) is 70.9 cm³/mol. The molecule has 1 saturated carbocycles.